The van der Waals surface area contributed by atoms with Gasteiger partial charge in [-0.1, -0.05) is 0 Å². The molecule has 1 N–H and O–H groups in total. The minimum Gasteiger partial charge on any atom is -0.481 e. The van der Waals surface area contributed by atoms with Gasteiger partial charge < -0.3 is 14.9 Å². The van der Waals surface area contributed by atoms with Gasteiger partial charge in [-0.25, -0.2) is 12.7 Å². The first kappa shape index (κ1) is 18.2. The number of likely N-dealkylation sites (tertiary alicyclic amines) is 2. The van der Waals surface area contributed by atoms with Gasteiger partial charge in [0.05, 0.1) is 5.75 Å². The van der Waals surface area contributed by atoms with E-state index in [1.54, 1.807) is 4.90 Å². The smallest absolute Gasteiger partial charge is 0.313 e. The Hall–Kier alpha value is -1.19. The van der Waals surface area contributed by atoms with Gasteiger partial charge >= 0.3 is 5.97 Å². The third-order valence-corrected chi connectivity index (χ3v) is 6.90. The van der Waals surface area contributed by atoms with E-state index >= 15 is 0 Å². The van der Waals surface area contributed by atoms with E-state index in [1.165, 1.54) is 25.3 Å². The molecular weight excluding hydrogens is 322 g/mol. The highest BCUT2D eigenvalue weighted by atomic mass is 32.2. The molecule has 2 heterocycles. The molecule has 2 atom stereocenters. The maximum atomic E-state index is 11.8. The van der Waals surface area contributed by atoms with E-state index < -0.39 is 21.4 Å². The van der Waals surface area contributed by atoms with Gasteiger partial charge in [0.15, 0.2) is 0 Å². The molecule has 2 saturated heterocycles. The Bertz CT molecular complexity index is 591. The summed E-state index contributed by atoms with van der Waals surface area (Å²) in [5.41, 5.74) is -0.911. The largest absolute Gasteiger partial charge is 0.481 e. The average Bonchev–Trinajstić information content (AvgIpc) is 2.92. The number of amides is 1. The highest BCUT2D eigenvalue weighted by molar-refractivity contribution is 7.89. The predicted octanol–water partition coefficient (Wildman–Crippen LogP) is -0.867. The van der Waals surface area contributed by atoms with E-state index in [4.69, 9.17) is 0 Å². The molecular formula is C14H25N3O5S. The summed E-state index contributed by atoms with van der Waals surface area (Å²) in [6.07, 6.45) is 0.472. The third-order valence-electron chi connectivity index (χ3n) is 4.98. The molecule has 0 aromatic rings. The van der Waals surface area contributed by atoms with E-state index in [2.05, 4.69) is 0 Å². The number of rotatable bonds is 6. The topological polar surface area (TPSA) is 98.2 Å². The number of nitrogens with zero attached hydrogens (tertiary/aromatic N) is 3. The fourth-order valence-corrected chi connectivity index (χ4v) is 4.39. The monoisotopic (exact) mass is 347 g/mol. The second-order valence-electron chi connectivity index (χ2n) is 6.74. The lowest BCUT2D eigenvalue weighted by atomic mass is 9.81. The summed E-state index contributed by atoms with van der Waals surface area (Å²) in [6.45, 7) is 3.69. The molecule has 23 heavy (non-hydrogen) atoms. The van der Waals surface area contributed by atoms with E-state index in [0.29, 0.717) is 32.6 Å². The number of carboxylic acids is 1. The van der Waals surface area contributed by atoms with Crippen molar-refractivity contribution in [1.29, 1.82) is 0 Å². The van der Waals surface area contributed by atoms with Crippen LogP contribution in [-0.4, -0.2) is 92.1 Å². The third kappa shape index (κ3) is 3.51. The molecule has 0 aromatic carbocycles. The normalized spacial score (nSPS) is 28.3. The van der Waals surface area contributed by atoms with Crippen LogP contribution in [0.1, 0.15) is 13.3 Å². The number of fused-ring (bicyclic) bond motifs is 1. The number of carbonyl (C=O) groups excluding carboxylic acids is 1. The summed E-state index contributed by atoms with van der Waals surface area (Å²) < 4.78 is 24.7. The van der Waals surface area contributed by atoms with Crippen LogP contribution in [0.2, 0.25) is 0 Å². The lowest BCUT2D eigenvalue weighted by Gasteiger charge is -2.25. The van der Waals surface area contributed by atoms with Gasteiger partial charge in [-0.15, -0.1) is 0 Å². The van der Waals surface area contributed by atoms with Crippen LogP contribution in [0.15, 0.2) is 0 Å². The van der Waals surface area contributed by atoms with Gasteiger partial charge in [0.1, 0.15) is 5.41 Å². The SMILES string of the molecule is CC(=O)N1C[C@H]2CN(CCCS(=O)(=O)N(C)C)C[C@@]2(C(=O)O)C1. The number of hydrogen-bond acceptors (Lipinski definition) is 5. The fourth-order valence-electron chi connectivity index (χ4n) is 3.54. The first-order chi connectivity index (χ1) is 10.6. The quantitative estimate of drug-likeness (QED) is 0.671. The maximum absolute atomic E-state index is 11.8. The van der Waals surface area contributed by atoms with Crippen molar-refractivity contribution in [3.05, 3.63) is 0 Å². The molecule has 132 valence electrons. The average molecular weight is 347 g/mol. The van der Waals surface area contributed by atoms with E-state index in [1.807, 2.05) is 4.90 Å². The number of sulfonamides is 1. The molecule has 0 aromatic heterocycles. The summed E-state index contributed by atoms with van der Waals surface area (Å²) in [6, 6.07) is 0. The minimum atomic E-state index is -3.22. The minimum absolute atomic E-state index is 0.0564. The molecule has 2 fully saturated rings. The molecule has 0 unspecified atom stereocenters. The van der Waals surface area contributed by atoms with E-state index in [-0.39, 0.29) is 24.1 Å². The molecule has 0 saturated carbocycles. The lowest BCUT2D eigenvalue weighted by molar-refractivity contribution is -0.149. The Labute approximate surface area is 137 Å². The second kappa shape index (κ2) is 6.37. The first-order valence-electron chi connectivity index (χ1n) is 7.70. The van der Waals surface area contributed by atoms with Crippen LogP contribution in [0.5, 0.6) is 0 Å². The van der Waals surface area contributed by atoms with Gasteiger partial charge in [-0.05, 0) is 13.0 Å². The van der Waals surface area contributed by atoms with Crippen molar-refractivity contribution in [2.75, 3.05) is 52.6 Å². The molecule has 0 radical (unpaired) electrons. The van der Waals surface area contributed by atoms with Crippen molar-refractivity contribution < 1.29 is 23.1 Å². The van der Waals surface area contributed by atoms with Crippen molar-refractivity contribution in [1.82, 2.24) is 14.1 Å². The van der Waals surface area contributed by atoms with Crippen LogP contribution in [0, 0.1) is 11.3 Å². The van der Waals surface area contributed by atoms with Crippen LogP contribution >= 0.6 is 0 Å². The molecule has 2 rings (SSSR count). The van der Waals surface area contributed by atoms with Crippen LogP contribution < -0.4 is 0 Å². The Balaban J connectivity index is 1.95. The summed E-state index contributed by atoms with van der Waals surface area (Å²) >= 11 is 0. The highest BCUT2D eigenvalue weighted by Crippen LogP contribution is 2.42. The molecule has 2 aliphatic rings. The number of carbonyl (C=O) groups is 2. The van der Waals surface area contributed by atoms with Crippen molar-refractivity contribution in [3.8, 4) is 0 Å². The van der Waals surface area contributed by atoms with Crippen molar-refractivity contribution in [2.24, 2.45) is 11.3 Å². The van der Waals surface area contributed by atoms with Crippen molar-refractivity contribution >= 4 is 21.9 Å². The van der Waals surface area contributed by atoms with Crippen LogP contribution in [0.3, 0.4) is 0 Å². The zero-order valence-electron chi connectivity index (χ0n) is 13.9. The zero-order chi connectivity index (χ0) is 17.4. The number of aliphatic carboxylic acids is 1. The van der Waals surface area contributed by atoms with Crippen LogP contribution in [0.25, 0.3) is 0 Å². The first-order valence-corrected chi connectivity index (χ1v) is 9.31. The number of hydrogen-bond donors (Lipinski definition) is 1. The van der Waals surface area contributed by atoms with Gasteiger partial charge in [0, 0.05) is 53.1 Å². The van der Waals surface area contributed by atoms with Gasteiger partial charge in [0.25, 0.3) is 0 Å². The Kier molecular flexibility index (Phi) is 5.03. The molecule has 0 aliphatic carbocycles. The highest BCUT2D eigenvalue weighted by Gasteiger charge is 2.57. The van der Waals surface area contributed by atoms with Crippen molar-refractivity contribution in [3.63, 3.8) is 0 Å². The Morgan fingerprint density at radius 1 is 1.26 bits per heavy atom. The summed E-state index contributed by atoms with van der Waals surface area (Å²) in [4.78, 5) is 26.9. The Morgan fingerprint density at radius 2 is 1.91 bits per heavy atom. The molecule has 1 amide bonds. The molecule has 9 heteroatoms. The summed E-state index contributed by atoms with van der Waals surface area (Å²) in [7, 11) is -0.212. The zero-order valence-corrected chi connectivity index (χ0v) is 14.7. The van der Waals surface area contributed by atoms with E-state index in [9.17, 15) is 23.1 Å². The maximum Gasteiger partial charge on any atom is 0.313 e. The lowest BCUT2D eigenvalue weighted by Crippen LogP contribution is -2.41. The van der Waals surface area contributed by atoms with E-state index in [0.717, 1.165) is 0 Å². The molecule has 2 aliphatic heterocycles. The second-order valence-corrected chi connectivity index (χ2v) is 9.05. The van der Waals surface area contributed by atoms with Gasteiger partial charge in [-0.3, -0.25) is 9.59 Å². The van der Waals surface area contributed by atoms with Crippen molar-refractivity contribution in [2.45, 2.75) is 13.3 Å². The molecule has 8 nitrogen and oxygen atoms in total. The standard InChI is InChI=1S/C14H25N3O5S/c1-11(18)17-8-12-7-16(9-14(12,10-17)13(19)20)5-4-6-23(21,22)15(2)3/h12H,4-10H2,1-3H3,(H,19,20)/t12-,14-/m1/s1. The molecule has 0 bridgehead atoms. The number of carboxylic acid groups (broad SMARTS) is 1. The summed E-state index contributed by atoms with van der Waals surface area (Å²) in [5, 5.41) is 9.65. The molecule has 0 spiro atoms. The predicted molar refractivity (Wildman–Crippen MR) is 84.3 cm³/mol. The Morgan fingerprint density at radius 3 is 2.39 bits per heavy atom. The van der Waals surface area contributed by atoms with Crippen LogP contribution in [0.4, 0.5) is 0 Å². The fraction of sp³-hybridized carbons (Fsp3) is 0.857. The summed E-state index contributed by atoms with van der Waals surface area (Å²) in [5.74, 6) is -0.992. The van der Waals surface area contributed by atoms with Crippen LogP contribution in [-0.2, 0) is 19.6 Å². The van der Waals surface area contributed by atoms with Gasteiger partial charge in [0.2, 0.25) is 15.9 Å². The van der Waals surface area contributed by atoms with Gasteiger partial charge in [-0.2, -0.15) is 0 Å².